The van der Waals surface area contributed by atoms with Gasteiger partial charge in [0.25, 0.3) is 0 Å². The Balaban J connectivity index is 0.00000423. The second-order valence-electron chi connectivity index (χ2n) is 10.2. The maximum absolute atomic E-state index is 15.1. The van der Waals surface area contributed by atoms with Crippen LogP contribution in [0.25, 0.3) is 22.3 Å². The zero-order chi connectivity index (χ0) is 30.1. The number of aldehydes is 1. The number of fused-ring (bicyclic) bond motifs is 1. The van der Waals surface area contributed by atoms with Gasteiger partial charge in [-0.1, -0.05) is 31.7 Å². The molecule has 5 aromatic rings. The van der Waals surface area contributed by atoms with E-state index < -0.39 is 32.6 Å². The predicted octanol–water partition coefficient (Wildman–Crippen LogP) is 7.02. The number of aromatic nitrogens is 3. The van der Waals surface area contributed by atoms with Crippen molar-refractivity contribution < 1.29 is 26.7 Å². The van der Waals surface area contributed by atoms with Crippen LogP contribution in [0, 0.1) is 23.0 Å². The summed E-state index contributed by atoms with van der Waals surface area (Å²) in [6.07, 6.45) is 5.85. The summed E-state index contributed by atoms with van der Waals surface area (Å²) in [4.78, 5) is 20.8. The van der Waals surface area contributed by atoms with E-state index in [0.717, 1.165) is 35.8 Å². The molecule has 0 aliphatic heterocycles. The van der Waals surface area contributed by atoms with Gasteiger partial charge in [0.05, 0.1) is 18.1 Å². The fourth-order valence-electron chi connectivity index (χ4n) is 5.00. The number of nitriles is 1. The smallest absolute Gasteiger partial charge is 0.182 e. The number of rotatable bonds is 10. The second-order valence-corrected chi connectivity index (χ2v) is 12.1. The van der Waals surface area contributed by atoms with E-state index in [9.17, 15) is 18.5 Å². The molecule has 0 fully saturated rings. The molecule has 2 aromatic heterocycles. The summed E-state index contributed by atoms with van der Waals surface area (Å²) in [5.74, 6) is -1.92. The molecule has 0 radical (unpaired) electrons. The first-order chi connectivity index (χ1) is 20.0. The molecule has 8 nitrogen and oxygen atoms in total. The zero-order valence-electron chi connectivity index (χ0n) is 22.7. The van der Waals surface area contributed by atoms with Crippen LogP contribution in [-0.2, 0) is 26.5 Å². The minimum atomic E-state index is -3.92. The van der Waals surface area contributed by atoms with Crippen molar-refractivity contribution >= 4 is 27.0 Å². The highest BCUT2D eigenvalue weighted by atomic mass is 32.2. The molecule has 0 amide bonds. The van der Waals surface area contributed by atoms with Crippen LogP contribution in [0.4, 0.5) is 8.78 Å². The number of H-pyrrole nitrogens is 2. The van der Waals surface area contributed by atoms with E-state index in [0.29, 0.717) is 18.5 Å². The summed E-state index contributed by atoms with van der Waals surface area (Å²) >= 11 is 0. The lowest BCUT2D eigenvalue weighted by atomic mass is 9.76. The van der Waals surface area contributed by atoms with E-state index in [1.807, 2.05) is 31.2 Å². The molecule has 0 saturated carbocycles. The van der Waals surface area contributed by atoms with Crippen molar-refractivity contribution in [1.29, 1.82) is 5.26 Å². The van der Waals surface area contributed by atoms with Crippen LogP contribution in [0.5, 0.6) is 11.5 Å². The first kappa shape index (κ1) is 31.1. The number of ether oxygens (including phenoxy) is 1. The normalized spacial score (nSPS) is 12.7. The predicted molar refractivity (Wildman–Crippen MR) is 160 cm³/mol. The van der Waals surface area contributed by atoms with Gasteiger partial charge in [-0.2, -0.15) is 5.26 Å². The lowest BCUT2D eigenvalue weighted by Gasteiger charge is -2.27. The third-order valence-corrected chi connectivity index (χ3v) is 8.37. The van der Waals surface area contributed by atoms with Gasteiger partial charge in [-0.3, -0.25) is 0 Å². The minimum absolute atomic E-state index is 0. The molecule has 0 saturated heterocycles. The number of halogens is 2. The molecule has 2 N–H and O–H groups in total. The van der Waals surface area contributed by atoms with Crippen molar-refractivity contribution in [2.75, 3.05) is 6.26 Å². The van der Waals surface area contributed by atoms with Crippen LogP contribution in [0.15, 0.2) is 71.9 Å². The van der Waals surface area contributed by atoms with Crippen molar-refractivity contribution in [3.63, 3.8) is 0 Å². The molecule has 43 heavy (non-hydrogen) atoms. The molecule has 0 bridgehead atoms. The fourth-order valence-corrected chi connectivity index (χ4v) is 6.05. The molecule has 2 heterocycles. The highest BCUT2D eigenvalue weighted by Gasteiger charge is 2.32. The molecular formula is C32H30F2N4O4S. The summed E-state index contributed by atoms with van der Waals surface area (Å²) < 4.78 is 61.2. The number of nitrogens with zero attached hydrogens (tertiary/aromatic N) is 2. The van der Waals surface area contributed by atoms with Crippen molar-refractivity contribution in [2.24, 2.45) is 0 Å². The number of sulfone groups is 1. The van der Waals surface area contributed by atoms with Gasteiger partial charge >= 0.3 is 0 Å². The van der Waals surface area contributed by atoms with E-state index in [-0.39, 0.29) is 46.8 Å². The Kier molecular flexibility index (Phi) is 8.82. The molecule has 0 aliphatic carbocycles. The average Bonchev–Trinajstić information content (AvgIpc) is 3.63. The number of hydrogen-bond donors (Lipinski definition) is 2. The number of carbonyl (C=O) groups is 1. The minimum Gasteiger partial charge on any atom is -0.453 e. The summed E-state index contributed by atoms with van der Waals surface area (Å²) in [7, 11) is -3.92. The van der Waals surface area contributed by atoms with E-state index >= 15 is 8.78 Å². The standard InChI is InChI=1S/C31H26F2N4O4S.CH4/c1-31(11-12-34,20-7-3-5-19(15-20)6-4-14-38)27-18-36-30(37-27)23-16-21(8-9-24(23)32)41-28-25(33)17-26-22(10-13-35-26)29(28)42(2,39)40;/h3,5,7-10,13-18,35H,4,6,11H2,1-2H3,(H,36,37);1H4. The van der Waals surface area contributed by atoms with Crippen molar-refractivity contribution in [3.8, 4) is 29.0 Å². The third-order valence-electron chi connectivity index (χ3n) is 7.22. The first-order valence-electron chi connectivity index (χ1n) is 13.0. The molecule has 1 atom stereocenters. The quantitative estimate of drug-likeness (QED) is 0.165. The number of aromatic amines is 2. The Hall–Kier alpha value is -4.82. The lowest BCUT2D eigenvalue weighted by molar-refractivity contribution is -0.107. The summed E-state index contributed by atoms with van der Waals surface area (Å²) in [5, 5.41) is 9.91. The van der Waals surface area contributed by atoms with Crippen molar-refractivity contribution in [3.05, 3.63) is 95.4 Å². The van der Waals surface area contributed by atoms with Gasteiger partial charge < -0.3 is 19.5 Å². The summed E-state index contributed by atoms with van der Waals surface area (Å²) in [5.41, 5.74) is 1.78. The van der Waals surface area contributed by atoms with E-state index in [1.165, 1.54) is 30.6 Å². The number of nitrogens with one attached hydrogen (secondary N) is 2. The van der Waals surface area contributed by atoms with Crippen LogP contribution >= 0.6 is 0 Å². The zero-order valence-corrected chi connectivity index (χ0v) is 23.6. The maximum Gasteiger partial charge on any atom is 0.182 e. The highest BCUT2D eigenvalue weighted by molar-refractivity contribution is 7.91. The van der Waals surface area contributed by atoms with E-state index in [2.05, 4.69) is 21.0 Å². The van der Waals surface area contributed by atoms with Crippen LogP contribution in [0.3, 0.4) is 0 Å². The Labute approximate surface area is 248 Å². The van der Waals surface area contributed by atoms with Crippen LogP contribution in [0.2, 0.25) is 0 Å². The van der Waals surface area contributed by atoms with E-state index in [1.54, 1.807) is 0 Å². The molecule has 5 rings (SSSR count). The average molecular weight is 605 g/mol. The Morgan fingerprint density at radius 3 is 2.63 bits per heavy atom. The maximum atomic E-state index is 15.1. The largest absolute Gasteiger partial charge is 0.453 e. The Bertz CT molecular complexity index is 1960. The second kappa shape index (κ2) is 12.2. The molecule has 1 unspecified atom stereocenters. The summed E-state index contributed by atoms with van der Waals surface area (Å²) in [6.45, 7) is 1.87. The Morgan fingerprint density at radius 2 is 1.91 bits per heavy atom. The molecular weight excluding hydrogens is 574 g/mol. The fraction of sp³-hybridized carbons (Fsp3) is 0.219. The van der Waals surface area contributed by atoms with Crippen LogP contribution < -0.4 is 4.74 Å². The first-order valence-corrected chi connectivity index (χ1v) is 14.9. The topological polar surface area (TPSA) is 129 Å². The molecule has 11 heteroatoms. The number of imidazole rings is 1. The number of hydrogen-bond acceptors (Lipinski definition) is 6. The molecule has 0 aliphatic rings. The Morgan fingerprint density at radius 1 is 1.12 bits per heavy atom. The van der Waals surface area contributed by atoms with Gasteiger partial charge in [0.2, 0.25) is 0 Å². The van der Waals surface area contributed by atoms with Gasteiger partial charge in [0.1, 0.15) is 28.6 Å². The van der Waals surface area contributed by atoms with Gasteiger partial charge in [0.15, 0.2) is 21.4 Å². The van der Waals surface area contributed by atoms with Gasteiger partial charge in [-0.05, 0) is 48.7 Å². The SMILES string of the molecule is C.CC(CC#N)(c1cccc(CCC=O)c1)c1cnc(-c2cc(Oc3c(F)cc4[nH]ccc4c3S(C)(=O)=O)ccc2F)[nH]1. The molecule has 0 spiro atoms. The third kappa shape index (κ3) is 6.05. The highest BCUT2D eigenvalue weighted by Crippen LogP contribution is 2.39. The van der Waals surface area contributed by atoms with E-state index in [4.69, 9.17) is 4.74 Å². The van der Waals surface area contributed by atoms with Gasteiger partial charge in [-0.15, -0.1) is 0 Å². The number of benzene rings is 3. The van der Waals surface area contributed by atoms with Crippen molar-refractivity contribution in [2.45, 2.75) is 43.9 Å². The number of aryl methyl sites for hydroxylation is 1. The molecule has 3 aromatic carbocycles. The van der Waals surface area contributed by atoms with Crippen LogP contribution in [-0.4, -0.2) is 35.9 Å². The molecule has 222 valence electrons. The summed E-state index contributed by atoms with van der Waals surface area (Å²) in [6, 6.07) is 16.1. The van der Waals surface area contributed by atoms with Crippen molar-refractivity contribution in [1.82, 2.24) is 15.0 Å². The van der Waals surface area contributed by atoms with Gasteiger partial charge in [-0.25, -0.2) is 22.2 Å². The lowest BCUT2D eigenvalue weighted by Crippen LogP contribution is -2.24. The monoisotopic (exact) mass is 604 g/mol. The van der Waals surface area contributed by atoms with Crippen LogP contribution in [0.1, 0.15) is 44.0 Å². The van der Waals surface area contributed by atoms with Gasteiger partial charge in [0, 0.05) is 53.1 Å². The number of carbonyl (C=O) groups excluding carboxylic acids is 1.